The molecule has 40 heavy (non-hydrogen) atoms. The molecular weight excluding hydrogens is 540 g/mol. The van der Waals surface area contributed by atoms with Gasteiger partial charge in [-0.15, -0.1) is 0 Å². The Morgan fingerprint density at radius 2 is 1.82 bits per heavy atom. The van der Waals surface area contributed by atoms with Gasteiger partial charge in [-0.25, -0.2) is 13.2 Å². The highest BCUT2D eigenvalue weighted by molar-refractivity contribution is 7.90. The Balaban J connectivity index is 1.77. The number of carboxylic acids is 1. The maximum Gasteiger partial charge on any atom is 0.339 e. The lowest BCUT2D eigenvalue weighted by Gasteiger charge is -2.27. The fourth-order valence-corrected chi connectivity index (χ4v) is 5.33. The Morgan fingerprint density at radius 3 is 2.48 bits per heavy atom. The highest BCUT2D eigenvalue weighted by atomic mass is 32.2. The number of amides is 2. The molecule has 1 atom stereocenters. The summed E-state index contributed by atoms with van der Waals surface area (Å²) in [4.78, 5) is 43.8. The van der Waals surface area contributed by atoms with Gasteiger partial charge in [-0.1, -0.05) is 18.2 Å². The second-order valence-electron chi connectivity index (χ2n) is 8.97. The minimum Gasteiger partial charge on any atom is -0.507 e. The van der Waals surface area contributed by atoms with E-state index < -0.39 is 45.2 Å². The molecule has 3 aromatic rings. The van der Waals surface area contributed by atoms with Crippen LogP contribution >= 0.6 is 0 Å². The molecule has 0 aliphatic carbocycles. The van der Waals surface area contributed by atoms with Crippen molar-refractivity contribution in [2.45, 2.75) is 13.0 Å². The number of rotatable bonds is 10. The number of aromatic carboxylic acids is 1. The number of aliphatic imine (C=N–C) groups is 1. The molecule has 0 saturated heterocycles. The molecule has 0 unspecified atom stereocenters. The van der Waals surface area contributed by atoms with E-state index in [4.69, 9.17) is 9.47 Å². The summed E-state index contributed by atoms with van der Waals surface area (Å²) in [5.74, 6) is -2.92. The number of nitrogens with zero attached hydrogens (tertiary/aromatic N) is 2. The maximum atomic E-state index is 13.7. The fourth-order valence-electron chi connectivity index (χ4n) is 4.42. The Labute approximate surface area is 230 Å². The van der Waals surface area contributed by atoms with E-state index in [1.54, 1.807) is 37.3 Å². The van der Waals surface area contributed by atoms with Crippen LogP contribution in [0, 0.1) is 0 Å². The lowest BCUT2D eigenvalue weighted by Crippen LogP contribution is -2.37. The monoisotopic (exact) mass is 566 g/mol. The molecule has 3 aromatic carbocycles. The third-order valence-electron chi connectivity index (χ3n) is 6.19. The van der Waals surface area contributed by atoms with Gasteiger partial charge in [0.2, 0.25) is 0 Å². The van der Waals surface area contributed by atoms with Crippen LogP contribution in [0.4, 0.5) is 5.69 Å². The zero-order chi connectivity index (χ0) is 29.2. The number of ether oxygens (including phenoxy) is 2. The van der Waals surface area contributed by atoms with Crippen LogP contribution in [-0.2, 0) is 9.84 Å². The summed E-state index contributed by atoms with van der Waals surface area (Å²) >= 11 is 0. The first-order chi connectivity index (χ1) is 18.9. The van der Waals surface area contributed by atoms with Crippen LogP contribution in [-0.4, -0.2) is 73.3 Å². The first kappa shape index (κ1) is 28.3. The van der Waals surface area contributed by atoms with Crippen molar-refractivity contribution in [2.75, 3.05) is 25.7 Å². The van der Waals surface area contributed by atoms with Crippen LogP contribution in [0.2, 0.25) is 0 Å². The van der Waals surface area contributed by atoms with E-state index in [-0.39, 0.29) is 27.9 Å². The molecule has 1 aliphatic heterocycles. The van der Waals surface area contributed by atoms with Crippen molar-refractivity contribution in [1.29, 1.82) is 0 Å². The minimum absolute atomic E-state index is 0.0329. The quantitative estimate of drug-likeness (QED) is 0.276. The Morgan fingerprint density at radius 1 is 1.07 bits per heavy atom. The van der Waals surface area contributed by atoms with Crippen LogP contribution in [0.15, 0.2) is 59.6 Å². The molecule has 1 aliphatic rings. The standard InChI is InChI=1S/C28H26N2O9S/c1-4-39-24-12-16(8-11-23(24)38-2)21(15-40(3,36)37)30-26(32)19-7-5-6-17(25(19)27(30)33)14-29-18-9-10-22(31)20(13-18)28(34)35/h5-14,21,31H,4,15H2,1-3H3,(H,34,35)/t21-/m1/s1. The van der Waals surface area contributed by atoms with Crippen LogP contribution in [0.5, 0.6) is 17.2 Å². The second kappa shape index (κ2) is 11.2. The van der Waals surface area contributed by atoms with Gasteiger partial charge in [0.15, 0.2) is 11.5 Å². The van der Waals surface area contributed by atoms with E-state index in [9.17, 15) is 33.0 Å². The summed E-state index contributed by atoms with van der Waals surface area (Å²) in [5.41, 5.74) is 0.585. The first-order valence-corrected chi connectivity index (χ1v) is 14.1. The normalized spacial score (nSPS) is 13.9. The third-order valence-corrected chi connectivity index (χ3v) is 7.11. The SMILES string of the molecule is CCOc1cc([C@@H](CS(C)(=O)=O)N2C(=O)c3cccc(C=Nc4ccc(O)c(C(=O)O)c4)c3C2=O)ccc1OC. The molecule has 1 heterocycles. The molecule has 0 bridgehead atoms. The molecule has 208 valence electrons. The summed E-state index contributed by atoms with van der Waals surface area (Å²) in [7, 11) is -2.21. The van der Waals surface area contributed by atoms with E-state index >= 15 is 0 Å². The molecule has 2 N–H and O–H groups in total. The number of carbonyl (C=O) groups excluding carboxylic acids is 2. The molecule has 2 amide bonds. The van der Waals surface area contributed by atoms with Gasteiger partial charge in [0.05, 0.1) is 42.3 Å². The number of imide groups is 1. The molecule has 11 nitrogen and oxygen atoms in total. The number of methoxy groups -OCH3 is 1. The van der Waals surface area contributed by atoms with E-state index in [1.807, 2.05) is 0 Å². The molecule has 0 spiro atoms. The van der Waals surface area contributed by atoms with Crippen molar-refractivity contribution in [2.24, 2.45) is 4.99 Å². The summed E-state index contributed by atoms with van der Waals surface area (Å²) < 4.78 is 35.8. The molecule has 12 heteroatoms. The van der Waals surface area contributed by atoms with Gasteiger partial charge in [-0.05, 0) is 48.9 Å². The predicted octanol–water partition coefficient (Wildman–Crippen LogP) is 3.63. The van der Waals surface area contributed by atoms with Crippen LogP contribution in [0.25, 0.3) is 0 Å². The predicted molar refractivity (Wildman–Crippen MR) is 146 cm³/mol. The van der Waals surface area contributed by atoms with Gasteiger partial charge in [0.1, 0.15) is 21.2 Å². The number of phenols is 1. The second-order valence-corrected chi connectivity index (χ2v) is 11.2. The Bertz CT molecular complexity index is 1650. The Kier molecular flexibility index (Phi) is 7.91. The van der Waals surface area contributed by atoms with E-state index in [2.05, 4.69) is 4.99 Å². The van der Waals surface area contributed by atoms with E-state index in [1.165, 1.54) is 37.6 Å². The topological polar surface area (TPSA) is 160 Å². The molecule has 0 saturated carbocycles. The fraction of sp³-hybridized carbons (Fsp3) is 0.214. The average Bonchev–Trinajstić information content (AvgIpc) is 3.16. The van der Waals surface area contributed by atoms with E-state index in [0.29, 0.717) is 23.7 Å². The number of sulfone groups is 1. The van der Waals surface area contributed by atoms with Gasteiger partial charge in [0, 0.05) is 18.0 Å². The van der Waals surface area contributed by atoms with Crippen molar-refractivity contribution in [3.05, 3.63) is 82.4 Å². The number of carbonyl (C=O) groups is 3. The summed E-state index contributed by atoms with van der Waals surface area (Å²) in [6, 6.07) is 11.9. The molecule has 0 fully saturated rings. The maximum absolute atomic E-state index is 13.7. The number of benzene rings is 3. The summed E-state index contributed by atoms with van der Waals surface area (Å²) in [5, 5.41) is 19.0. The average molecular weight is 567 g/mol. The first-order valence-electron chi connectivity index (χ1n) is 12.0. The van der Waals surface area contributed by atoms with Gasteiger partial charge >= 0.3 is 5.97 Å². The Hall–Kier alpha value is -4.71. The minimum atomic E-state index is -3.67. The third kappa shape index (κ3) is 5.66. The van der Waals surface area contributed by atoms with Crippen LogP contribution in [0.1, 0.15) is 55.2 Å². The number of hydrogen-bond donors (Lipinski definition) is 2. The summed E-state index contributed by atoms with van der Waals surface area (Å²) in [6.45, 7) is 2.08. The lowest BCUT2D eigenvalue weighted by molar-refractivity contribution is 0.0595. The van der Waals surface area contributed by atoms with Crippen molar-refractivity contribution in [1.82, 2.24) is 4.90 Å². The van der Waals surface area contributed by atoms with Gasteiger partial charge in [0.25, 0.3) is 11.8 Å². The lowest BCUT2D eigenvalue weighted by atomic mass is 10.0. The van der Waals surface area contributed by atoms with Crippen molar-refractivity contribution in [3.8, 4) is 17.2 Å². The highest BCUT2D eigenvalue weighted by Crippen LogP contribution is 2.37. The van der Waals surface area contributed by atoms with Gasteiger partial charge < -0.3 is 19.7 Å². The zero-order valence-corrected chi connectivity index (χ0v) is 22.6. The zero-order valence-electron chi connectivity index (χ0n) is 21.8. The van der Waals surface area contributed by atoms with Gasteiger partial charge in [-0.2, -0.15) is 0 Å². The molecule has 0 radical (unpaired) electrons. The highest BCUT2D eigenvalue weighted by Gasteiger charge is 2.43. The summed E-state index contributed by atoms with van der Waals surface area (Å²) in [6.07, 6.45) is 2.32. The van der Waals surface area contributed by atoms with Crippen LogP contribution in [0.3, 0.4) is 0 Å². The van der Waals surface area contributed by atoms with Crippen molar-refractivity contribution >= 4 is 39.5 Å². The largest absolute Gasteiger partial charge is 0.507 e. The van der Waals surface area contributed by atoms with E-state index in [0.717, 1.165) is 11.2 Å². The molecule has 4 rings (SSSR count). The van der Waals surface area contributed by atoms with Gasteiger partial charge in [-0.3, -0.25) is 19.5 Å². The number of aromatic hydroxyl groups is 1. The molecular formula is C28H26N2O9S. The molecule has 0 aromatic heterocycles. The van der Waals surface area contributed by atoms with Crippen molar-refractivity contribution < 1.29 is 42.5 Å². The van der Waals surface area contributed by atoms with Crippen molar-refractivity contribution in [3.63, 3.8) is 0 Å². The number of hydrogen-bond acceptors (Lipinski definition) is 9. The number of fused-ring (bicyclic) bond motifs is 1. The number of carboxylic acid groups (broad SMARTS) is 1. The van der Waals surface area contributed by atoms with Crippen LogP contribution < -0.4 is 9.47 Å². The smallest absolute Gasteiger partial charge is 0.339 e.